The number of amides is 1. The van der Waals surface area contributed by atoms with Gasteiger partial charge in [-0.05, 0) is 43.5 Å². The van der Waals surface area contributed by atoms with Gasteiger partial charge in [0.2, 0.25) is 5.91 Å². The number of hydrogen-bond acceptors (Lipinski definition) is 4. The number of halogens is 1. The van der Waals surface area contributed by atoms with Crippen LogP contribution in [0.2, 0.25) is 0 Å². The Morgan fingerprint density at radius 3 is 2.52 bits per heavy atom. The second-order valence-corrected chi connectivity index (χ2v) is 4.54. The summed E-state index contributed by atoms with van der Waals surface area (Å²) in [5.41, 5.74) is 6.52. The lowest BCUT2D eigenvalue weighted by atomic mass is 10.1. The molecule has 0 saturated heterocycles. The first-order chi connectivity index (χ1) is 9.71. The summed E-state index contributed by atoms with van der Waals surface area (Å²) in [6.07, 6.45) is 3.02. The van der Waals surface area contributed by atoms with Crippen LogP contribution in [-0.4, -0.2) is 33.2 Å². The van der Waals surface area contributed by atoms with Crippen LogP contribution in [0, 0.1) is 0 Å². The molecule has 0 atom stereocenters. The van der Waals surface area contributed by atoms with Crippen LogP contribution in [0.3, 0.4) is 0 Å². The molecule has 21 heavy (non-hydrogen) atoms. The van der Waals surface area contributed by atoms with Crippen molar-refractivity contribution in [1.82, 2.24) is 5.32 Å². The normalized spacial score (nSPS) is 9.67. The van der Waals surface area contributed by atoms with Crippen LogP contribution >= 0.6 is 12.4 Å². The predicted molar refractivity (Wildman–Crippen MR) is 86.4 cm³/mol. The lowest BCUT2D eigenvalue weighted by Gasteiger charge is -2.10. The molecule has 1 rings (SSSR count). The molecule has 0 heterocycles. The summed E-state index contributed by atoms with van der Waals surface area (Å²) in [4.78, 5) is 11.4. The molecule has 0 bridgehead atoms. The summed E-state index contributed by atoms with van der Waals surface area (Å²) >= 11 is 0. The van der Waals surface area contributed by atoms with E-state index in [1.807, 2.05) is 18.2 Å². The Hall–Kier alpha value is -1.46. The highest BCUT2D eigenvalue weighted by Gasteiger charge is 2.05. The number of ether oxygens (including phenoxy) is 2. The van der Waals surface area contributed by atoms with Gasteiger partial charge in [0.25, 0.3) is 0 Å². The Kier molecular flexibility index (Phi) is 10.4. The number of carbonyl (C=O) groups is 1. The van der Waals surface area contributed by atoms with Gasteiger partial charge in [-0.3, -0.25) is 4.79 Å². The van der Waals surface area contributed by atoms with Gasteiger partial charge in [-0.2, -0.15) is 0 Å². The Bertz CT molecular complexity index is 427. The van der Waals surface area contributed by atoms with E-state index in [2.05, 4.69) is 5.32 Å². The molecule has 0 fully saturated rings. The van der Waals surface area contributed by atoms with E-state index in [0.717, 1.165) is 30.8 Å². The molecule has 0 radical (unpaired) electrons. The Morgan fingerprint density at radius 1 is 1.19 bits per heavy atom. The van der Waals surface area contributed by atoms with Crippen molar-refractivity contribution in [2.45, 2.75) is 25.7 Å². The van der Waals surface area contributed by atoms with Gasteiger partial charge in [-0.1, -0.05) is 6.07 Å². The average Bonchev–Trinajstić information content (AvgIpc) is 2.49. The fourth-order valence-electron chi connectivity index (χ4n) is 1.91. The predicted octanol–water partition coefficient (Wildman–Crippen LogP) is 1.91. The summed E-state index contributed by atoms with van der Waals surface area (Å²) in [6, 6.07) is 5.88. The Morgan fingerprint density at radius 2 is 1.90 bits per heavy atom. The fourth-order valence-corrected chi connectivity index (χ4v) is 1.91. The van der Waals surface area contributed by atoms with Crippen LogP contribution in [0.15, 0.2) is 18.2 Å². The van der Waals surface area contributed by atoms with E-state index < -0.39 is 0 Å². The molecule has 6 heteroatoms. The summed E-state index contributed by atoms with van der Waals surface area (Å²) in [7, 11) is 3.24. The van der Waals surface area contributed by atoms with E-state index in [9.17, 15) is 4.79 Å². The van der Waals surface area contributed by atoms with Crippen molar-refractivity contribution in [3.63, 3.8) is 0 Å². The second kappa shape index (κ2) is 11.2. The number of aryl methyl sites for hydroxylation is 1. The number of methoxy groups -OCH3 is 2. The third-order valence-corrected chi connectivity index (χ3v) is 3.02. The summed E-state index contributed by atoms with van der Waals surface area (Å²) in [5.74, 6) is 1.53. The van der Waals surface area contributed by atoms with E-state index >= 15 is 0 Å². The monoisotopic (exact) mass is 316 g/mol. The molecule has 0 saturated carbocycles. The maximum absolute atomic E-state index is 11.4. The molecule has 0 aromatic heterocycles. The third-order valence-electron chi connectivity index (χ3n) is 3.02. The average molecular weight is 317 g/mol. The lowest BCUT2D eigenvalue weighted by molar-refractivity contribution is -0.121. The van der Waals surface area contributed by atoms with Crippen molar-refractivity contribution in [2.24, 2.45) is 5.73 Å². The topological polar surface area (TPSA) is 73.6 Å². The van der Waals surface area contributed by atoms with Crippen LogP contribution in [0.4, 0.5) is 0 Å². The van der Waals surface area contributed by atoms with E-state index in [0.29, 0.717) is 19.5 Å². The van der Waals surface area contributed by atoms with Crippen molar-refractivity contribution in [2.75, 3.05) is 27.3 Å². The molecule has 0 aliphatic carbocycles. The van der Waals surface area contributed by atoms with Crippen molar-refractivity contribution in [1.29, 1.82) is 0 Å². The molecule has 0 spiro atoms. The minimum absolute atomic E-state index is 0. The second-order valence-electron chi connectivity index (χ2n) is 4.54. The molecule has 0 aliphatic rings. The number of nitrogens with one attached hydrogen (secondary N) is 1. The highest BCUT2D eigenvalue weighted by Crippen LogP contribution is 2.27. The van der Waals surface area contributed by atoms with Crippen molar-refractivity contribution < 1.29 is 14.3 Å². The standard InChI is InChI=1S/C15H24N2O3.ClH/c1-19-13-8-7-12(11-14(13)20-2)5-4-10-17-15(18)6-3-9-16;/h7-8,11H,3-6,9-10,16H2,1-2H3,(H,17,18);1H. The first kappa shape index (κ1) is 19.5. The minimum atomic E-state index is 0. The number of benzene rings is 1. The maximum Gasteiger partial charge on any atom is 0.220 e. The van der Waals surface area contributed by atoms with Crippen LogP contribution in [-0.2, 0) is 11.2 Å². The van der Waals surface area contributed by atoms with Gasteiger partial charge >= 0.3 is 0 Å². The molecular formula is C15H25ClN2O3. The molecule has 3 N–H and O–H groups in total. The first-order valence-corrected chi connectivity index (χ1v) is 6.89. The first-order valence-electron chi connectivity index (χ1n) is 6.89. The molecule has 1 aromatic carbocycles. The largest absolute Gasteiger partial charge is 0.493 e. The number of carbonyl (C=O) groups excluding carboxylic acids is 1. The minimum Gasteiger partial charge on any atom is -0.493 e. The maximum atomic E-state index is 11.4. The van der Waals surface area contributed by atoms with Crippen LogP contribution in [0.5, 0.6) is 11.5 Å². The Labute approximate surface area is 132 Å². The smallest absolute Gasteiger partial charge is 0.220 e. The van der Waals surface area contributed by atoms with Crippen LogP contribution in [0.1, 0.15) is 24.8 Å². The molecular weight excluding hydrogens is 292 g/mol. The lowest BCUT2D eigenvalue weighted by Crippen LogP contribution is -2.25. The van der Waals surface area contributed by atoms with Crippen LogP contribution in [0.25, 0.3) is 0 Å². The van der Waals surface area contributed by atoms with E-state index in [1.54, 1.807) is 14.2 Å². The molecule has 0 aliphatic heterocycles. The molecule has 120 valence electrons. The van der Waals surface area contributed by atoms with Crippen molar-refractivity contribution in [3.05, 3.63) is 23.8 Å². The number of nitrogens with two attached hydrogens (primary N) is 1. The van der Waals surface area contributed by atoms with Gasteiger partial charge in [0.05, 0.1) is 14.2 Å². The zero-order chi connectivity index (χ0) is 14.8. The summed E-state index contributed by atoms with van der Waals surface area (Å²) < 4.78 is 10.5. The summed E-state index contributed by atoms with van der Waals surface area (Å²) in [5, 5.41) is 2.89. The van der Waals surface area contributed by atoms with Gasteiger partial charge < -0.3 is 20.5 Å². The van der Waals surface area contributed by atoms with Crippen molar-refractivity contribution >= 4 is 18.3 Å². The molecule has 0 unspecified atom stereocenters. The highest BCUT2D eigenvalue weighted by molar-refractivity contribution is 5.85. The van der Waals surface area contributed by atoms with Gasteiger partial charge in [0.1, 0.15) is 0 Å². The molecule has 1 amide bonds. The van der Waals surface area contributed by atoms with Crippen LogP contribution < -0.4 is 20.5 Å². The zero-order valence-corrected chi connectivity index (χ0v) is 13.5. The van der Waals surface area contributed by atoms with E-state index in [-0.39, 0.29) is 18.3 Å². The van der Waals surface area contributed by atoms with Gasteiger partial charge in [-0.15, -0.1) is 12.4 Å². The van der Waals surface area contributed by atoms with Gasteiger partial charge in [-0.25, -0.2) is 0 Å². The Balaban J connectivity index is 0.00000400. The SMILES string of the molecule is COc1ccc(CCCNC(=O)CCCN)cc1OC.Cl. The number of rotatable bonds is 9. The number of hydrogen-bond donors (Lipinski definition) is 2. The molecule has 5 nitrogen and oxygen atoms in total. The van der Waals surface area contributed by atoms with E-state index in [4.69, 9.17) is 15.2 Å². The quantitative estimate of drug-likeness (QED) is 0.683. The van der Waals surface area contributed by atoms with Gasteiger partial charge in [0.15, 0.2) is 11.5 Å². The molecule has 1 aromatic rings. The fraction of sp³-hybridized carbons (Fsp3) is 0.533. The zero-order valence-electron chi connectivity index (χ0n) is 12.7. The van der Waals surface area contributed by atoms with Gasteiger partial charge in [0, 0.05) is 13.0 Å². The van der Waals surface area contributed by atoms with E-state index in [1.165, 1.54) is 5.56 Å². The van der Waals surface area contributed by atoms with Crippen molar-refractivity contribution in [3.8, 4) is 11.5 Å². The summed E-state index contributed by atoms with van der Waals surface area (Å²) in [6.45, 7) is 1.23. The highest BCUT2D eigenvalue weighted by atomic mass is 35.5. The third kappa shape index (κ3) is 7.20.